The summed E-state index contributed by atoms with van der Waals surface area (Å²) in [7, 11) is 0. The largest absolute Gasteiger partial charge is 0.483 e. The van der Waals surface area contributed by atoms with Crippen molar-refractivity contribution in [1.29, 1.82) is 0 Å². The van der Waals surface area contributed by atoms with E-state index in [1.165, 1.54) is 0 Å². The fourth-order valence-electron chi connectivity index (χ4n) is 2.14. The van der Waals surface area contributed by atoms with Gasteiger partial charge >= 0.3 is 5.97 Å². The zero-order valence-corrected chi connectivity index (χ0v) is 13.9. The molecule has 0 saturated carbocycles. The molecule has 0 radical (unpaired) electrons. The van der Waals surface area contributed by atoms with Crippen molar-refractivity contribution in [1.82, 2.24) is 10.2 Å². The van der Waals surface area contributed by atoms with Gasteiger partial charge < -0.3 is 13.9 Å². The van der Waals surface area contributed by atoms with Gasteiger partial charge in [-0.2, -0.15) is 0 Å². The van der Waals surface area contributed by atoms with Crippen molar-refractivity contribution >= 4 is 28.5 Å². The summed E-state index contributed by atoms with van der Waals surface area (Å²) in [5.41, 5.74) is 0. The van der Waals surface area contributed by atoms with E-state index < -0.39 is 0 Å². The summed E-state index contributed by atoms with van der Waals surface area (Å²) in [5, 5.41) is 10.2. The fraction of sp³-hybridized carbons (Fsp3) is 0.235. The van der Waals surface area contributed by atoms with Crippen molar-refractivity contribution in [3.05, 3.63) is 48.4 Å². The topological polar surface area (TPSA) is 74.5 Å². The number of nitrogens with zero attached hydrogens (tertiary/aromatic N) is 2. The van der Waals surface area contributed by atoms with Crippen LogP contribution in [0.2, 0.25) is 0 Å². The second kappa shape index (κ2) is 7.83. The Kier molecular flexibility index (Phi) is 5.32. The summed E-state index contributed by atoms with van der Waals surface area (Å²) >= 11 is 1.14. The van der Waals surface area contributed by atoms with Crippen LogP contribution in [-0.2, 0) is 16.1 Å². The summed E-state index contributed by atoms with van der Waals surface area (Å²) < 4.78 is 16.1. The molecule has 1 aromatic heterocycles. The molecule has 6 nitrogen and oxygen atoms in total. The standard InChI is InChI=1S/C17H16N2O4S/c1-2-21-16(20)11-24-17-19-18-15(23-17)10-22-14-9-5-7-12-6-3-4-8-13(12)14/h3-9H,2,10-11H2,1H3. The summed E-state index contributed by atoms with van der Waals surface area (Å²) in [4.78, 5) is 11.3. The second-order valence-corrected chi connectivity index (χ2v) is 5.75. The maximum atomic E-state index is 11.3. The van der Waals surface area contributed by atoms with Crippen LogP contribution in [0.5, 0.6) is 5.75 Å². The third-order valence-electron chi connectivity index (χ3n) is 3.17. The molecule has 124 valence electrons. The summed E-state index contributed by atoms with van der Waals surface area (Å²) in [6, 6.07) is 13.8. The Bertz CT molecular complexity index is 829. The average molecular weight is 344 g/mol. The lowest BCUT2D eigenvalue weighted by molar-refractivity contribution is -0.139. The molecule has 0 bridgehead atoms. The molecule has 0 amide bonds. The molecule has 0 saturated heterocycles. The van der Waals surface area contributed by atoms with Crippen molar-refractivity contribution in [2.45, 2.75) is 18.8 Å². The first-order valence-corrected chi connectivity index (χ1v) is 8.46. The monoisotopic (exact) mass is 344 g/mol. The average Bonchev–Trinajstić information content (AvgIpc) is 3.06. The maximum Gasteiger partial charge on any atom is 0.316 e. The van der Waals surface area contributed by atoms with Gasteiger partial charge in [-0.25, -0.2) is 0 Å². The van der Waals surface area contributed by atoms with Crippen LogP contribution in [0.15, 0.2) is 52.1 Å². The minimum atomic E-state index is -0.311. The van der Waals surface area contributed by atoms with Crippen LogP contribution in [0, 0.1) is 0 Å². The smallest absolute Gasteiger partial charge is 0.316 e. The number of hydrogen-bond acceptors (Lipinski definition) is 7. The Balaban J connectivity index is 1.60. The van der Waals surface area contributed by atoms with Gasteiger partial charge in [0, 0.05) is 5.39 Å². The van der Waals surface area contributed by atoms with Gasteiger partial charge in [0.2, 0.25) is 0 Å². The van der Waals surface area contributed by atoms with Crippen molar-refractivity contribution in [2.75, 3.05) is 12.4 Å². The van der Waals surface area contributed by atoms with E-state index in [2.05, 4.69) is 10.2 Å². The van der Waals surface area contributed by atoms with E-state index >= 15 is 0 Å². The maximum absolute atomic E-state index is 11.3. The third-order valence-corrected chi connectivity index (χ3v) is 3.96. The highest BCUT2D eigenvalue weighted by Crippen LogP contribution is 2.26. The lowest BCUT2D eigenvalue weighted by Gasteiger charge is -2.07. The van der Waals surface area contributed by atoms with Gasteiger partial charge in [-0.15, -0.1) is 10.2 Å². The van der Waals surface area contributed by atoms with Crippen molar-refractivity contribution in [3.63, 3.8) is 0 Å². The lowest BCUT2D eigenvalue weighted by Crippen LogP contribution is -2.06. The SMILES string of the molecule is CCOC(=O)CSc1nnc(COc2cccc3ccccc23)o1. The number of thioether (sulfide) groups is 1. The predicted molar refractivity (Wildman–Crippen MR) is 89.9 cm³/mol. The van der Waals surface area contributed by atoms with Crippen LogP contribution in [0.3, 0.4) is 0 Å². The summed E-state index contributed by atoms with van der Waals surface area (Å²) in [6.45, 7) is 2.28. The zero-order chi connectivity index (χ0) is 16.8. The molecule has 3 aromatic rings. The Morgan fingerprint density at radius 2 is 2.00 bits per heavy atom. The Labute approximate surface area is 143 Å². The fourth-order valence-corrected chi connectivity index (χ4v) is 2.72. The van der Waals surface area contributed by atoms with Crippen molar-refractivity contribution in [3.8, 4) is 5.75 Å². The van der Waals surface area contributed by atoms with Crippen LogP contribution >= 0.6 is 11.8 Å². The minimum absolute atomic E-state index is 0.139. The first-order valence-electron chi connectivity index (χ1n) is 7.47. The van der Waals surface area contributed by atoms with Crippen molar-refractivity contribution in [2.24, 2.45) is 0 Å². The molecule has 1 heterocycles. The Morgan fingerprint density at radius 3 is 2.88 bits per heavy atom. The number of hydrogen-bond donors (Lipinski definition) is 0. The van der Waals surface area contributed by atoms with Gasteiger partial charge in [-0.05, 0) is 18.4 Å². The lowest BCUT2D eigenvalue weighted by atomic mass is 10.1. The van der Waals surface area contributed by atoms with Crippen LogP contribution in [0.4, 0.5) is 0 Å². The molecule has 0 aliphatic heterocycles. The summed E-state index contributed by atoms with van der Waals surface area (Å²) in [5.74, 6) is 0.940. The molecule has 0 aliphatic carbocycles. The quantitative estimate of drug-likeness (QED) is 0.480. The van der Waals surface area contributed by atoms with Crippen LogP contribution in [-0.4, -0.2) is 28.5 Å². The molecular formula is C17H16N2O4S. The number of aromatic nitrogens is 2. The second-order valence-electron chi connectivity index (χ2n) is 4.82. The third kappa shape index (κ3) is 4.05. The first-order chi connectivity index (χ1) is 11.8. The van der Waals surface area contributed by atoms with Gasteiger partial charge in [0.15, 0.2) is 6.61 Å². The van der Waals surface area contributed by atoms with Crippen molar-refractivity contribution < 1.29 is 18.7 Å². The van der Waals surface area contributed by atoms with E-state index in [4.69, 9.17) is 13.9 Å². The van der Waals surface area contributed by atoms with E-state index in [1.807, 2.05) is 42.5 Å². The molecule has 0 N–H and O–H groups in total. The van der Waals surface area contributed by atoms with E-state index in [1.54, 1.807) is 6.92 Å². The molecule has 0 aliphatic rings. The van der Waals surface area contributed by atoms with Crippen LogP contribution in [0.25, 0.3) is 10.8 Å². The number of rotatable bonds is 7. The predicted octanol–water partition coefficient (Wildman–Crippen LogP) is 3.46. The van der Waals surface area contributed by atoms with Gasteiger partial charge in [-0.3, -0.25) is 4.79 Å². The highest BCUT2D eigenvalue weighted by molar-refractivity contribution is 7.99. The first kappa shape index (κ1) is 16.3. The molecule has 2 aromatic carbocycles. The zero-order valence-electron chi connectivity index (χ0n) is 13.1. The van der Waals surface area contributed by atoms with E-state index in [9.17, 15) is 4.79 Å². The van der Waals surface area contributed by atoms with Gasteiger partial charge in [0.25, 0.3) is 11.1 Å². The number of esters is 1. The van der Waals surface area contributed by atoms with E-state index in [0.29, 0.717) is 17.7 Å². The van der Waals surface area contributed by atoms with Gasteiger partial charge in [0.05, 0.1) is 6.61 Å². The van der Waals surface area contributed by atoms with Gasteiger partial charge in [-0.1, -0.05) is 48.2 Å². The number of carbonyl (C=O) groups excluding carboxylic acids is 1. The molecule has 3 rings (SSSR count). The van der Waals surface area contributed by atoms with E-state index in [0.717, 1.165) is 28.3 Å². The molecule has 0 spiro atoms. The Hall–Kier alpha value is -2.54. The molecule has 7 heteroatoms. The number of fused-ring (bicyclic) bond motifs is 1. The molecule has 24 heavy (non-hydrogen) atoms. The molecular weight excluding hydrogens is 328 g/mol. The highest BCUT2D eigenvalue weighted by Gasteiger charge is 2.11. The molecule has 0 atom stereocenters. The molecule has 0 fully saturated rings. The van der Waals surface area contributed by atoms with Crippen LogP contribution in [0.1, 0.15) is 12.8 Å². The minimum Gasteiger partial charge on any atom is -0.483 e. The highest BCUT2D eigenvalue weighted by atomic mass is 32.2. The number of carbonyl (C=O) groups is 1. The summed E-state index contributed by atoms with van der Waals surface area (Å²) in [6.07, 6.45) is 0. The number of ether oxygens (including phenoxy) is 2. The molecule has 0 unspecified atom stereocenters. The Morgan fingerprint density at radius 1 is 1.17 bits per heavy atom. The van der Waals surface area contributed by atoms with Gasteiger partial charge in [0.1, 0.15) is 11.5 Å². The normalized spacial score (nSPS) is 10.7. The van der Waals surface area contributed by atoms with E-state index in [-0.39, 0.29) is 18.3 Å². The van der Waals surface area contributed by atoms with Crippen LogP contribution < -0.4 is 4.74 Å². The number of benzene rings is 2.